The number of aromatic carboxylic acids is 1. The molecule has 3 saturated heterocycles. The maximum atomic E-state index is 13.4. The minimum atomic E-state index is -0.974. The van der Waals surface area contributed by atoms with Gasteiger partial charge in [0.25, 0.3) is 0 Å². The molecule has 2 aromatic carbocycles. The second-order valence-corrected chi connectivity index (χ2v) is 7.97. The van der Waals surface area contributed by atoms with E-state index in [1.165, 1.54) is 38.1 Å². The van der Waals surface area contributed by atoms with Crippen LogP contribution in [0.15, 0.2) is 42.5 Å². The van der Waals surface area contributed by atoms with E-state index < -0.39 is 5.97 Å². The second-order valence-electron chi connectivity index (χ2n) is 7.97. The Bertz CT molecular complexity index is 1070. The summed E-state index contributed by atoms with van der Waals surface area (Å²) in [7, 11) is 0. The van der Waals surface area contributed by atoms with E-state index in [0.29, 0.717) is 40.8 Å². The van der Waals surface area contributed by atoms with Crippen molar-refractivity contribution in [3.05, 3.63) is 59.5 Å². The van der Waals surface area contributed by atoms with Crippen LogP contribution in [-0.2, 0) is 6.54 Å². The van der Waals surface area contributed by atoms with Crippen LogP contribution in [0.5, 0.6) is 0 Å². The Balaban J connectivity index is 0.00000136. The average molecular weight is 402 g/mol. The van der Waals surface area contributed by atoms with Crippen LogP contribution in [0.4, 0.5) is 4.39 Å². The van der Waals surface area contributed by atoms with Crippen molar-refractivity contribution in [2.45, 2.75) is 25.4 Å². The largest absolute Gasteiger partial charge is 1.00 e. The first-order valence-electron chi connectivity index (χ1n) is 10.1. The van der Waals surface area contributed by atoms with Crippen LogP contribution in [0.2, 0.25) is 0 Å². The van der Waals surface area contributed by atoms with Crippen molar-refractivity contribution < 1.29 is 34.6 Å². The number of halogens is 1. The summed E-state index contributed by atoms with van der Waals surface area (Å²) in [6, 6.07) is 11.7. The number of aromatic nitrogens is 2. The third kappa shape index (κ3) is 3.79. The molecule has 1 unspecified atom stereocenters. The van der Waals surface area contributed by atoms with Gasteiger partial charge in [0.05, 0.1) is 22.5 Å². The fourth-order valence-corrected chi connectivity index (χ4v) is 4.75. The van der Waals surface area contributed by atoms with Crippen LogP contribution < -0.4 is 24.2 Å². The smallest absolute Gasteiger partial charge is 1.00 e. The van der Waals surface area contributed by atoms with Gasteiger partial charge >= 0.3 is 24.8 Å². The molecule has 1 atom stereocenters. The van der Waals surface area contributed by atoms with Gasteiger partial charge in [-0.25, -0.2) is 13.9 Å². The predicted molar refractivity (Wildman–Crippen MR) is 109 cm³/mol. The third-order valence-electron chi connectivity index (χ3n) is 6.27. The summed E-state index contributed by atoms with van der Waals surface area (Å²) >= 11 is 0. The summed E-state index contributed by atoms with van der Waals surface area (Å²) < 4.78 is 15.1. The van der Waals surface area contributed by atoms with Gasteiger partial charge in [0, 0.05) is 24.5 Å². The normalized spacial score (nSPS) is 22.8. The molecule has 2 bridgehead atoms. The van der Waals surface area contributed by atoms with Crippen molar-refractivity contribution in [2.75, 3.05) is 19.6 Å². The summed E-state index contributed by atoms with van der Waals surface area (Å²) in [5.41, 5.74) is 2.36. The number of fused-ring (bicyclic) bond motifs is 4. The Hall–Kier alpha value is -2.17. The second kappa shape index (κ2) is 8.52. The zero-order valence-electron chi connectivity index (χ0n) is 18.0. The van der Waals surface area contributed by atoms with E-state index in [1.807, 2.05) is 6.07 Å². The topological polar surface area (TPSA) is 70.4 Å². The summed E-state index contributed by atoms with van der Waals surface area (Å²) in [6.45, 7) is 3.89. The van der Waals surface area contributed by atoms with Gasteiger partial charge in [-0.15, -0.1) is 0 Å². The molecule has 30 heavy (non-hydrogen) atoms. The van der Waals surface area contributed by atoms with Gasteiger partial charge in [-0.3, -0.25) is 0 Å². The molecule has 3 fully saturated rings. The number of carboxylic acids is 1. The summed E-state index contributed by atoms with van der Waals surface area (Å²) in [6.07, 6.45) is 2.42. The van der Waals surface area contributed by atoms with Crippen molar-refractivity contribution in [1.82, 2.24) is 20.0 Å². The van der Waals surface area contributed by atoms with Gasteiger partial charge in [0.2, 0.25) is 0 Å². The Labute approximate surface area is 187 Å². The molecule has 0 radical (unpaired) electrons. The summed E-state index contributed by atoms with van der Waals surface area (Å²) in [5, 5.41) is 18.7. The molecule has 3 aliphatic rings. The Morgan fingerprint density at radius 3 is 2.57 bits per heavy atom. The quantitative estimate of drug-likeness (QED) is 0.596. The number of nitrogens with one attached hydrogen (secondary N) is 1. The zero-order chi connectivity index (χ0) is 20.0. The van der Waals surface area contributed by atoms with Gasteiger partial charge in [0.1, 0.15) is 5.82 Å². The molecule has 6 rings (SSSR count). The average Bonchev–Trinajstić information content (AvgIpc) is 3.12. The minimum Gasteiger partial charge on any atom is -1.00 e. The van der Waals surface area contributed by atoms with Gasteiger partial charge in [-0.1, -0.05) is 6.07 Å². The molecule has 0 spiro atoms. The molecule has 1 aromatic heterocycles. The number of carboxylic acid groups (broad SMARTS) is 1. The zero-order valence-corrected chi connectivity index (χ0v) is 17.0. The van der Waals surface area contributed by atoms with E-state index in [2.05, 4.69) is 10.2 Å². The molecular weight excluding hydrogens is 378 g/mol. The maximum absolute atomic E-state index is 13.4. The minimum absolute atomic E-state index is 0. The monoisotopic (exact) mass is 402 g/mol. The summed E-state index contributed by atoms with van der Waals surface area (Å²) in [5.74, 6) is -0.622. The molecule has 0 aliphatic carbocycles. The molecule has 0 amide bonds. The first kappa shape index (κ1) is 21.1. The third-order valence-corrected chi connectivity index (χ3v) is 6.27. The van der Waals surface area contributed by atoms with Gasteiger partial charge in [-0.05, 0) is 68.2 Å². The molecule has 6 nitrogen and oxygen atoms in total. The van der Waals surface area contributed by atoms with E-state index in [9.17, 15) is 14.3 Å². The molecular formula is C22H24FLiN4O2. The van der Waals surface area contributed by atoms with Gasteiger partial charge in [-0.2, -0.15) is 5.10 Å². The van der Waals surface area contributed by atoms with Crippen molar-refractivity contribution in [3.8, 4) is 5.69 Å². The maximum Gasteiger partial charge on any atom is 1.00 e. The van der Waals surface area contributed by atoms with E-state index in [4.69, 9.17) is 5.10 Å². The number of hydrogen-bond donors (Lipinski definition) is 2. The number of carbonyl (C=O) groups is 1. The fraction of sp³-hybridized carbons (Fsp3) is 0.364. The van der Waals surface area contributed by atoms with Gasteiger partial charge < -0.3 is 16.7 Å². The summed E-state index contributed by atoms with van der Waals surface area (Å²) in [4.78, 5) is 14.3. The number of hydrogen-bond acceptors (Lipinski definition) is 4. The number of benzene rings is 2. The first-order chi connectivity index (χ1) is 14.1. The standard InChI is InChI=1S/C22H23FN4O2.Li.H/c23-15-4-6-16(7-5-15)27-20-3-1-2-17(22(28)29)21(20)18(25-27)12-24-19-13-26-10-8-14(19)9-11-26;;/h1-7,14,19,24H,8-13H2,(H,28,29);;/q;+1;-1. The molecule has 152 valence electrons. The Morgan fingerprint density at radius 2 is 1.93 bits per heavy atom. The van der Waals surface area contributed by atoms with Crippen LogP contribution >= 0.6 is 0 Å². The Kier molecular flexibility index (Phi) is 5.99. The van der Waals surface area contributed by atoms with Crippen LogP contribution in [-0.4, -0.2) is 51.4 Å². The number of rotatable bonds is 5. The molecule has 4 heterocycles. The van der Waals surface area contributed by atoms with Crippen molar-refractivity contribution in [2.24, 2.45) is 5.92 Å². The molecule has 3 aliphatic heterocycles. The van der Waals surface area contributed by atoms with Crippen molar-refractivity contribution in [3.63, 3.8) is 0 Å². The molecule has 3 aromatic rings. The predicted octanol–water partition coefficient (Wildman–Crippen LogP) is 0.163. The van der Waals surface area contributed by atoms with Crippen LogP contribution in [0, 0.1) is 11.7 Å². The first-order valence-corrected chi connectivity index (χ1v) is 10.1. The van der Waals surface area contributed by atoms with Crippen molar-refractivity contribution >= 4 is 16.9 Å². The van der Waals surface area contributed by atoms with Crippen LogP contribution in [0.1, 0.15) is 30.3 Å². The Morgan fingerprint density at radius 1 is 1.20 bits per heavy atom. The van der Waals surface area contributed by atoms with Crippen LogP contribution in [0.25, 0.3) is 16.6 Å². The molecule has 2 N–H and O–H groups in total. The SMILES string of the molecule is O=C(O)c1cccc2c1c(CNC1CN3CCC1CC3)nn2-c1ccc(F)cc1.[H-].[Li+]. The van der Waals surface area contributed by atoms with Crippen molar-refractivity contribution in [1.29, 1.82) is 0 Å². The van der Waals surface area contributed by atoms with E-state index >= 15 is 0 Å². The van der Waals surface area contributed by atoms with E-state index in [0.717, 1.165) is 6.54 Å². The fourth-order valence-electron chi connectivity index (χ4n) is 4.75. The number of piperidine rings is 3. The van der Waals surface area contributed by atoms with Gasteiger partial charge in [0.15, 0.2) is 0 Å². The molecule has 0 saturated carbocycles. The molecule has 8 heteroatoms. The van der Waals surface area contributed by atoms with Crippen LogP contribution in [0.3, 0.4) is 0 Å². The van der Waals surface area contributed by atoms with E-state index in [1.54, 1.807) is 28.9 Å². The van der Waals surface area contributed by atoms with E-state index in [-0.39, 0.29) is 31.7 Å². The number of nitrogens with zero attached hydrogens (tertiary/aromatic N) is 3.